The number of thioether (sulfide) groups is 1. The van der Waals surface area contributed by atoms with Crippen molar-refractivity contribution in [2.24, 2.45) is 0 Å². The molecule has 1 N–H and O–H groups in total. The zero-order valence-electron chi connectivity index (χ0n) is 12.3. The predicted molar refractivity (Wildman–Crippen MR) is 87.5 cm³/mol. The van der Waals surface area contributed by atoms with E-state index < -0.39 is 0 Å². The molecule has 0 aliphatic heterocycles. The highest BCUT2D eigenvalue weighted by molar-refractivity contribution is 8.00. The van der Waals surface area contributed by atoms with Crippen LogP contribution in [-0.4, -0.2) is 12.3 Å². The van der Waals surface area contributed by atoms with E-state index in [2.05, 4.69) is 68.7 Å². The van der Waals surface area contributed by atoms with Gasteiger partial charge in [-0.25, -0.2) is 0 Å². The van der Waals surface area contributed by atoms with E-state index in [-0.39, 0.29) is 0 Å². The molecule has 2 aromatic rings. The van der Waals surface area contributed by atoms with Crippen molar-refractivity contribution in [1.82, 2.24) is 5.32 Å². The second kappa shape index (κ2) is 5.63. The lowest BCUT2D eigenvalue weighted by Crippen LogP contribution is -2.23. The summed E-state index contributed by atoms with van der Waals surface area (Å²) in [4.78, 5) is 1.41. The van der Waals surface area contributed by atoms with Gasteiger partial charge in [-0.15, -0.1) is 11.8 Å². The van der Waals surface area contributed by atoms with Crippen molar-refractivity contribution in [3.63, 3.8) is 0 Å². The molecule has 0 fully saturated rings. The van der Waals surface area contributed by atoms with E-state index in [4.69, 9.17) is 0 Å². The van der Waals surface area contributed by atoms with Gasteiger partial charge in [-0.05, 0) is 50.1 Å². The van der Waals surface area contributed by atoms with Gasteiger partial charge in [0.15, 0.2) is 0 Å². The van der Waals surface area contributed by atoms with Gasteiger partial charge in [-0.1, -0.05) is 42.0 Å². The zero-order chi connectivity index (χ0) is 14.1. The number of hydrogen-bond donors (Lipinski definition) is 1. The predicted octanol–water partition coefficient (Wildman–Crippen LogP) is 4.28. The van der Waals surface area contributed by atoms with E-state index in [0.717, 1.165) is 6.42 Å². The first-order chi connectivity index (χ1) is 9.69. The molecule has 0 spiro atoms. The fraction of sp³-hybridized carbons (Fsp3) is 0.333. The maximum absolute atomic E-state index is 3.50. The molecular formula is C18H21NS. The van der Waals surface area contributed by atoms with Crippen LogP contribution in [0.3, 0.4) is 0 Å². The normalized spacial score (nSPS) is 20.9. The summed E-state index contributed by atoms with van der Waals surface area (Å²) in [5, 5.41) is 4.08. The van der Waals surface area contributed by atoms with Crippen molar-refractivity contribution >= 4 is 11.8 Å². The summed E-state index contributed by atoms with van der Waals surface area (Å²) in [6.45, 7) is 4.37. The van der Waals surface area contributed by atoms with Gasteiger partial charge in [0.1, 0.15) is 0 Å². The van der Waals surface area contributed by atoms with E-state index in [1.165, 1.54) is 27.1 Å². The lowest BCUT2D eigenvalue weighted by molar-refractivity contribution is 0.603. The molecule has 1 aliphatic carbocycles. The maximum atomic E-state index is 3.50. The topological polar surface area (TPSA) is 12.0 Å². The molecule has 0 aromatic heterocycles. The van der Waals surface area contributed by atoms with Crippen molar-refractivity contribution in [2.75, 3.05) is 7.05 Å². The van der Waals surface area contributed by atoms with Gasteiger partial charge < -0.3 is 5.32 Å². The monoisotopic (exact) mass is 283 g/mol. The van der Waals surface area contributed by atoms with Crippen LogP contribution >= 0.6 is 11.8 Å². The van der Waals surface area contributed by atoms with E-state index in [0.29, 0.717) is 11.3 Å². The quantitative estimate of drug-likeness (QED) is 0.902. The molecule has 1 aliphatic rings. The summed E-state index contributed by atoms with van der Waals surface area (Å²) in [5.74, 6) is 0. The van der Waals surface area contributed by atoms with Crippen LogP contribution < -0.4 is 5.32 Å². The van der Waals surface area contributed by atoms with Crippen LogP contribution in [-0.2, 0) is 6.42 Å². The summed E-state index contributed by atoms with van der Waals surface area (Å²) >= 11 is 2.01. The summed E-state index contributed by atoms with van der Waals surface area (Å²) in [6.07, 6.45) is 1.15. The molecule has 2 aromatic carbocycles. The SMILES string of the molecule is CNC1c2ccccc2CC1Sc1ccc(C)cc1C. The molecule has 20 heavy (non-hydrogen) atoms. The Morgan fingerprint density at radius 3 is 2.65 bits per heavy atom. The van der Waals surface area contributed by atoms with Gasteiger partial charge in [0.25, 0.3) is 0 Å². The Morgan fingerprint density at radius 2 is 1.90 bits per heavy atom. The van der Waals surface area contributed by atoms with Crippen LogP contribution in [0.15, 0.2) is 47.4 Å². The summed E-state index contributed by atoms with van der Waals surface area (Å²) in [5.41, 5.74) is 5.69. The van der Waals surface area contributed by atoms with Crippen molar-refractivity contribution in [3.8, 4) is 0 Å². The Morgan fingerprint density at radius 1 is 1.10 bits per heavy atom. The Labute approximate surface area is 125 Å². The number of fused-ring (bicyclic) bond motifs is 1. The molecule has 0 amide bonds. The van der Waals surface area contributed by atoms with Gasteiger partial charge >= 0.3 is 0 Å². The van der Waals surface area contributed by atoms with Crippen LogP contribution in [0.2, 0.25) is 0 Å². The third kappa shape index (κ3) is 2.50. The number of nitrogens with one attached hydrogen (secondary N) is 1. The molecule has 0 saturated heterocycles. The van der Waals surface area contributed by atoms with E-state index in [1.807, 2.05) is 11.8 Å². The van der Waals surface area contributed by atoms with E-state index in [1.54, 1.807) is 0 Å². The van der Waals surface area contributed by atoms with Gasteiger partial charge in [-0.2, -0.15) is 0 Å². The minimum absolute atomic E-state index is 0.455. The summed E-state index contributed by atoms with van der Waals surface area (Å²) < 4.78 is 0. The molecule has 0 heterocycles. The highest BCUT2D eigenvalue weighted by Gasteiger charge is 2.31. The fourth-order valence-electron chi connectivity index (χ4n) is 3.10. The molecule has 2 unspecified atom stereocenters. The Balaban J connectivity index is 1.85. The van der Waals surface area contributed by atoms with E-state index in [9.17, 15) is 0 Å². The zero-order valence-corrected chi connectivity index (χ0v) is 13.1. The summed E-state index contributed by atoms with van der Waals surface area (Å²) in [7, 11) is 2.07. The molecular weight excluding hydrogens is 262 g/mol. The number of aryl methyl sites for hydroxylation is 2. The minimum Gasteiger partial charge on any atom is -0.312 e. The standard InChI is InChI=1S/C18H21NS/c1-12-8-9-16(13(2)10-12)20-17-11-14-6-4-5-7-15(14)18(17)19-3/h4-10,17-19H,11H2,1-3H3. The van der Waals surface area contributed by atoms with Gasteiger partial charge in [-0.3, -0.25) is 0 Å². The molecule has 2 heteroatoms. The average molecular weight is 283 g/mol. The van der Waals surface area contributed by atoms with Gasteiger partial charge in [0.05, 0.1) is 0 Å². The van der Waals surface area contributed by atoms with Gasteiger partial charge in [0, 0.05) is 16.2 Å². The third-order valence-electron chi connectivity index (χ3n) is 4.10. The largest absolute Gasteiger partial charge is 0.312 e. The molecule has 0 bridgehead atoms. The molecule has 3 rings (SSSR count). The first kappa shape index (κ1) is 13.7. The Bertz CT molecular complexity index is 621. The van der Waals surface area contributed by atoms with Crippen LogP contribution in [0.1, 0.15) is 28.3 Å². The van der Waals surface area contributed by atoms with E-state index >= 15 is 0 Å². The molecule has 2 atom stereocenters. The van der Waals surface area contributed by atoms with Gasteiger partial charge in [0.2, 0.25) is 0 Å². The van der Waals surface area contributed by atoms with Crippen molar-refractivity contribution in [2.45, 2.75) is 36.5 Å². The highest BCUT2D eigenvalue weighted by Crippen LogP contribution is 2.42. The molecule has 0 radical (unpaired) electrons. The number of hydrogen-bond acceptors (Lipinski definition) is 2. The molecule has 104 valence electrons. The lowest BCUT2D eigenvalue weighted by atomic mass is 10.1. The van der Waals surface area contributed by atoms with Crippen molar-refractivity contribution < 1.29 is 0 Å². The smallest absolute Gasteiger partial charge is 0.0447 e. The highest BCUT2D eigenvalue weighted by atomic mass is 32.2. The molecule has 1 nitrogen and oxygen atoms in total. The fourth-order valence-corrected chi connectivity index (χ4v) is 4.50. The Kier molecular flexibility index (Phi) is 3.86. The maximum Gasteiger partial charge on any atom is 0.0447 e. The second-order valence-electron chi connectivity index (χ2n) is 5.59. The van der Waals surface area contributed by atoms with Crippen LogP contribution in [0.25, 0.3) is 0 Å². The average Bonchev–Trinajstić information content (AvgIpc) is 2.79. The number of benzene rings is 2. The number of rotatable bonds is 3. The minimum atomic E-state index is 0.455. The Hall–Kier alpha value is -1.25. The van der Waals surface area contributed by atoms with Crippen LogP contribution in [0, 0.1) is 13.8 Å². The first-order valence-electron chi connectivity index (χ1n) is 7.18. The van der Waals surface area contributed by atoms with Crippen LogP contribution in [0.4, 0.5) is 0 Å². The summed E-state index contributed by atoms with van der Waals surface area (Å²) in [6, 6.07) is 16.0. The van der Waals surface area contributed by atoms with Crippen molar-refractivity contribution in [3.05, 3.63) is 64.7 Å². The first-order valence-corrected chi connectivity index (χ1v) is 8.06. The van der Waals surface area contributed by atoms with Crippen LogP contribution in [0.5, 0.6) is 0 Å². The third-order valence-corrected chi connectivity index (χ3v) is 5.56. The lowest BCUT2D eigenvalue weighted by Gasteiger charge is -2.20. The second-order valence-corrected chi connectivity index (χ2v) is 6.88. The molecule has 0 saturated carbocycles. The van der Waals surface area contributed by atoms with Crippen molar-refractivity contribution in [1.29, 1.82) is 0 Å².